The Morgan fingerprint density at radius 1 is 1.00 bits per heavy atom. The summed E-state index contributed by atoms with van der Waals surface area (Å²) in [5, 5.41) is 2.08. The fourth-order valence-corrected chi connectivity index (χ4v) is 2.42. The van der Waals surface area contributed by atoms with Gasteiger partial charge in [0.25, 0.3) is 0 Å². The molecule has 0 saturated carbocycles. The van der Waals surface area contributed by atoms with Crippen LogP contribution in [0.2, 0.25) is 0 Å². The van der Waals surface area contributed by atoms with E-state index in [2.05, 4.69) is 15.0 Å². The molecule has 19 heavy (non-hydrogen) atoms. The average Bonchev–Trinajstić information content (AvgIpc) is 2.62. The number of hydrogen-bond donors (Lipinski definition) is 1. The minimum Gasteiger partial charge on any atom is -0.339 e. The highest BCUT2D eigenvalue weighted by Gasteiger charge is 2.11. The van der Waals surface area contributed by atoms with Gasteiger partial charge in [0.15, 0.2) is 0 Å². The quantitative estimate of drug-likeness (QED) is 0.519. The Bertz CT molecular complexity index is 989. The molecule has 3 heterocycles. The van der Waals surface area contributed by atoms with Gasteiger partial charge in [-0.15, -0.1) is 0 Å². The summed E-state index contributed by atoms with van der Waals surface area (Å²) in [7, 11) is 0. The largest absolute Gasteiger partial charge is 0.339 e. The number of aromatic amines is 1. The summed E-state index contributed by atoms with van der Waals surface area (Å²) >= 11 is 0. The van der Waals surface area contributed by atoms with Crippen molar-refractivity contribution in [2.45, 2.75) is 0 Å². The zero-order valence-electron chi connectivity index (χ0n) is 9.92. The van der Waals surface area contributed by atoms with Crippen molar-refractivity contribution >= 4 is 32.8 Å². The number of H-pyrrole nitrogens is 1. The van der Waals surface area contributed by atoms with Gasteiger partial charge >= 0.3 is 0 Å². The monoisotopic (exact) mass is 247 g/mol. The normalized spacial score (nSPS) is 11.4. The van der Waals surface area contributed by atoms with E-state index in [0.717, 1.165) is 10.9 Å². The smallest absolute Gasteiger partial charge is 0.201 e. The van der Waals surface area contributed by atoms with Gasteiger partial charge in [0.1, 0.15) is 5.65 Å². The fourth-order valence-electron chi connectivity index (χ4n) is 2.42. The number of nitrogens with zero attached hydrogens (tertiary/aromatic N) is 2. The molecular formula is C15H9N3O. The van der Waals surface area contributed by atoms with Crippen molar-refractivity contribution < 1.29 is 0 Å². The summed E-state index contributed by atoms with van der Waals surface area (Å²) in [4.78, 5) is 24.3. The molecule has 90 valence electrons. The molecule has 0 aliphatic carbocycles. The standard InChI is InChI=1S/C15H9N3O/c19-14-10-8-16-7-6-12(10)18-15-13(14)9-4-2-1-3-5-11(9)17-15/h1-8H,(H,17,18,19). The summed E-state index contributed by atoms with van der Waals surface area (Å²) in [6, 6.07) is 11.4. The third-order valence-electron chi connectivity index (χ3n) is 3.30. The van der Waals surface area contributed by atoms with Gasteiger partial charge in [0.2, 0.25) is 5.43 Å². The SMILES string of the molecule is O=c1c2cnccc2nc2[nH]c3cccccc3c12. The highest BCUT2D eigenvalue weighted by molar-refractivity contribution is 6.08. The van der Waals surface area contributed by atoms with Crippen molar-refractivity contribution in [3.05, 3.63) is 59.0 Å². The van der Waals surface area contributed by atoms with Crippen molar-refractivity contribution in [1.82, 2.24) is 15.0 Å². The van der Waals surface area contributed by atoms with E-state index in [4.69, 9.17) is 0 Å². The zero-order valence-corrected chi connectivity index (χ0v) is 9.92. The third-order valence-corrected chi connectivity index (χ3v) is 3.30. The zero-order chi connectivity index (χ0) is 12.8. The van der Waals surface area contributed by atoms with Gasteiger partial charge in [-0.25, -0.2) is 4.98 Å². The number of aromatic nitrogens is 3. The lowest BCUT2D eigenvalue weighted by molar-refractivity contribution is 1.33. The van der Waals surface area contributed by atoms with Gasteiger partial charge in [-0.2, -0.15) is 0 Å². The summed E-state index contributed by atoms with van der Waals surface area (Å²) < 4.78 is 0. The third kappa shape index (κ3) is 1.37. The van der Waals surface area contributed by atoms with Crippen LogP contribution in [-0.2, 0) is 0 Å². The van der Waals surface area contributed by atoms with Crippen molar-refractivity contribution in [2.75, 3.05) is 0 Å². The van der Waals surface area contributed by atoms with E-state index in [9.17, 15) is 4.79 Å². The van der Waals surface area contributed by atoms with Crippen molar-refractivity contribution in [3.63, 3.8) is 0 Å². The van der Waals surface area contributed by atoms with E-state index in [1.807, 2.05) is 30.3 Å². The average molecular weight is 247 g/mol. The van der Waals surface area contributed by atoms with Gasteiger partial charge in [-0.05, 0) is 12.1 Å². The molecule has 4 rings (SSSR count). The van der Waals surface area contributed by atoms with E-state index in [-0.39, 0.29) is 5.43 Å². The maximum Gasteiger partial charge on any atom is 0.201 e. The summed E-state index contributed by atoms with van der Waals surface area (Å²) in [6.45, 7) is 0. The molecule has 0 fully saturated rings. The lowest BCUT2D eigenvalue weighted by Gasteiger charge is -1.95. The minimum absolute atomic E-state index is 0.0226. The molecule has 3 aromatic heterocycles. The lowest BCUT2D eigenvalue weighted by atomic mass is 10.2. The molecular weight excluding hydrogens is 238 g/mol. The van der Waals surface area contributed by atoms with Crippen LogP contribution >= 0.6 is 0 Å². The minimum atomic E-state index is -0.0226. The van der Waals surface area contributed by atoms with Gasteiger partial charge < -0.3 is 4.98 Å². The Kier molecular flexibility index (Phi) is 1.94. The topological polar surface area (TPSA) is 58.6 Å². The Hall–Kier alpha value is -2.75. The van der Waals surface area contributed by atoms with Crippen molar-refractivity contribution in [1.29, 1.82) is 0 Å². The lowest BCUT2D eigenvalue weighted by Crippen LogP contribution is -2.03. The molecule has 1 N–H and O–H groups in total. The Labute approximate surface area is 107 Å². The van der Waals surface area contributed by atoms with Gasteiger partial charge in [0, 0.05) is 23.3 Å². The molecule has 0 aliphatic rings. The predicted octanol–water partition coefficient (Wildman–Crippen LogP) is 2.62. The van der Waals surface area contributed by atoms with E-state index in [1.54, 1.807) is 18.5 Å². The molecule has 0 amide bonds. The van der Waals surface area contributed by atoms with Crippen LogP contribution in [0.1, 0.15) is 0 Å². The molecule has 1 aromatic carbocycles. The van der Waals surface area contributed by atoms with E-state index in [0.29, 0.717) is 21.9 Å². The van der Waals surface area contributed by atoms with Crippen LogP contribution in [0.4, 0.5) is 0 Å². The Morgan fingerprint density at radius 2 is 1.89 bits per heavy atom. The van der Waals surface area contributed by atoms with Crippen molar-refractivity contribution in [3.8, 4) is 0 Å². The highest BCUT2D eigenvalue weighted by Crippen LogP contribution is 2.22. The second kappa shape index (κ2) is 3.62. The van der Waals surface area contributed by atoms with Crippen LogP contribution in [0.3, 0.4) is 0 Å². The second-order valence-corrected chi connectivity index (χ2v) is 4.42. The first kappa shape index (κ1) is 10.2. The molecule has 4 aromatic rings. The maximum atomic E-state index is 12.6. The summed E-state index contributed by atoms with van der Waals surface area (Å²) in [5.74, 6) is 0. The molecule has 0 unspecified atom stereocenters. The van der Waals surface area contributed by atoms with Gasteiger partial charge in [-0.3, -0.25) is 9.78 Å². The number of fused-ring (bicyclic) bond motifs is 4. The first-order valence-electron chi connectivity index (χ1n) is 5.99. The van der Waals surface area contributed by atoms with E-state index >= 15 is 0 Å². The van der Waals surface area contributed by atoms with Crippen molar-refractivity contribution in [2.24, 2.45) is 0 Å². The van der Waals surface area contributed by atoms with Gasteiger partial charge in [0.05, 0.1) is 16.3 Å². The highest BCUT2D eigenvalue weighted by atomic mass is 16.1. The molecule has 0 aliphatic heterocycles. The molecule has 0 spiro atoms. The van der Waals surface area contributed by atoms with E-state index in [1.165, 1.54) is 0 Å². The van der Waals surface area contributed by atoms with E-state index < -0.39 is 0 Å². The first-order chi connectivity index (χ1) is 9.34. The number of pyridine rings is 2. The predicted molar refractivity (Wildman–Crippen MR) is 75.2 cm³/mol. The van der Waals surface area contributed by atoms with Crippen LogP contribution in [0.25, 0.3) is 32.8 Å². The molecule has 4 nitrogen and oxygen atoms in total. The molecule has 0 radical (unpaired) electrons. The summed E-state index contributed by atoms with van der Waals surface area (Å²) in [5.41, 5.74) is 2.19. The van der Waals surface area contributed by atoms with Crippen LogP contribution in [-0.4, -0.2) is 15.0 Å². The second-order valence-electron chi connectivity index (χ2n) is 4.42. The number of rotatable bonds is 0. The fraction of sp³-hybridized carbons (Fsp3) is 0. The van der Waals surface area contributed by atoms with Crippen LogP contribution in [0, 0.1) is 0 Å². The summed E-state index contributed by atoms with van der Waals surface area (Å²) in [6.07, 6.45) is 3.22. The molecule has 0 bridgehead atoms. The van der Waals surface area contributed by atoms with Gasteiger partial charge in [-0.1, -0.05) is 24.3 Å². The molecule has 4 heteroatoms. The number of hydrogen-bond acceptors (Lipinski definition) is 3. The van der Waals surface area contributed by atoms with Crippen LogP contribution < -0.4 is 5.43 Å². The molecule has 0 atom stereocenters. The Morgan fingerprint density at radius 3 is 2.84 bits per heavy atom. The molecule has 0 saturated heterocycles. The number of nitrogens with one attached hydrogen (secondary N) is 1. The van der Waals surface area contributed by atoms with Crippen LogP contribution in [0.15, 0.2) is 53.6 Å². The first-order valence-corrected chi connectivity index (χ1v) is 5.99. The maximum absolute atomic E-state index is 12.6. The Balaban J connectivity index is 2.37. The van der Waals surface area contributed by atoms with Crippen LogP contribution in [0.5, 0.6) is 0 Å².